The van der Waals surface area contributed by atoms with E-state index in [9.17, 15) is 17.6 Å². The van der Waals surface area contributed by atoms with Crippen molar-refractivity contribution in [1.29, 1.82) is 0 Å². The zero-order valence-corrected chi connectivity index (χ0v) is 16.3. The summed E-state index contributed by atoms with van der Waals surface area (Å²) in [6.07, 6.45) is 6.46. The molecule has 0 N–H and O–H groups in total. The molecular formula is C26H18F4. The molecule has 3 aromatic carbocycles. The SMILES string of the molecule is C=c1cc/c(=c2\cc/c(=c3\cc/c(=C4\C=CC(C)=CC4)c(F)c3)c(F)c2)c(F)c1F. The Balaban J connectivity index is 1.95. The van der Waals surface area contributed by atoms with Gasteiger partial charge in [0.25, 0.3) is 0 Å². The smallest absolute Gasteiger partial charge is 0.167 e. The lowest BCUT2D eigenvalue weighted by Gasteiger charge is -2.06. The Bertz CT molecular complexity index is 1530. The minimum Gasteiger partial charge on any atom is -0.206 e. The summed E-state index contributed by atoms with van der Waals surface area (Å²) in [7, 11) is 0. The Hall–Kier alpha value is -3.40. The van der Waals surface area contributed by atoms with Gasteiger partial charge in [-0.3, -0.25) is 0 Å². The van der Waals surface area contributed by atoms with Crippen LogP contribution in [0.5, 0.6) is 0 Å². The van der Waals surface area contributed by atoms with Crippen molar-refractivity contribution in [3.63, 3.8) is 0 Å². The van der Waals surface area contributed by atoms with Crippen molar-refractivity contribution >= 4 is 12.2 Å². The molecule has 150 valence electrons. The van der Waals surface area contributed by atoms with E-state index in [0.29, 0.717) is 16.9 Å². The Kier molecular flexibility index (Phi) is 5.17. The van der Waals surface area contributed by atoms with Crippen molar-refractivity contribution in [2.75, 3.05) is 0 Å². The summed E-state index contributed by atoms with van der Waals surface area (Å²) in [4.78, 5) is 0. The topological polar surface area (TPSA) is 0 Å². The van der Waals surface area contributed by atoms with E-state index in [2.05, 4.69) is 6.58 Å². The van der Waals surface area contributed by atoms with Crippen molar-refractivity contribution in [2.24, 2.45) is 0 Å². The average molecular weight is 406 g/mol. The molecule has 0 bridgehead atoms. The van der Waals surface area contributed by atoms with Crippen LogP contribution in [-0.4, -0.2) is 0 Å². The largest absolute Gasteiger partial charge is 0.206 e. The summed E-state index contributed by atoms with van der Waals surface area (Å²) in [5.41, 5.74) is 1.98. The highest BCUT2D eigenvalue weighted by Crippen LogP contribution is 2.15. The van der Waals surface area contributed by atoms with E-state index in [1.807, 2.05) is 25.2 Å². The first-order valence-electron chi connectivity index (χ1n) is 9.46. The third-order valence-electron chi connectivity index (χ3n) is 5.26. The predicted molar refractivity (Wildman–Crippen MR) is 110 cm³/mol. The molecule has 1 aliphatic rings. The molecule has 3 aromatic rings. The van der Waals surface area contributed by atoms with Crippen LogP contribution in [-0.2, 0) is 0 Å². The van der Waals surface area contributed by atoms with Crippen molar-refractivity contribution in [3.8, 4) is 0 Å². The molecule has 1 aliphatic carbocycles. The van der Waals surface area contributed by atoms with Crippen LogP contribution in [0.1, 0.15) is 13.3 Å². The third kappa shape index (κ3) is 3.61. The summed E-state index contributed by atoms with van der Waals surface area (Å²) >= 11 is 0. The fourth-order valence-corrected chi connectivity index (χ4v) is 3.51. The highest BCUT2D eigenvalue weighted by Gasteiger charge is 2.06. The molecule has 0 radical (unpaired) electrons. The van der Waals surface area contributed by atoms with Gasteiger partial charge in [-0.1, -0.05) is 66.8 Å². The second kappa shape index (κ2) is 7.79. The molecule has 30 heavy (non-hydrogen) atoms. The van der Waals surface area contributed by atoms with Gasteiger partial charge in [0.1, 0.15) is 11.6 Å². The van der Waals surface area contributed by atoms with Crippen LogP contribution in [0.4, 0.5) is 17.6 Å². The first-order chi connectivity index (χ1) is 14.3. The molecule has 0 unspecified atom stereocenters. The summed E-state index contributed by atoms with van der Waals surface area (Å²) in [6, 6.07) is 11.3. The highest BCUT2D eigenvalue weighted by atomic mass is 19.2. The van der Waals surface area contributed by atoms with Gasteiger partial charge in [0, 0.05) is 20.9 Å². The maximum atomic E-state index is 14.8. The molecule has 0 fully saturated rings. The lowest BCUT2D eigenvalue weighted by molar-refractivity contribution is 0.498. The van der Waals surface area contributed by atoms with Crippen LogP contribution >= 0.6 is 0 Å². The Morgan fingerprint density at radius 1 is 0.700 bits per heavy atom. The van der Waals surface area contributed by atoms with Gasteiger partial charge in [-0.05, 0) is 41.5 Å². The van der Waals surface area contributed by atoms with Gasteiger partial charge >= 0.3 is 0 Å². The second-order valence-electron chi connectivity index (χ2n) is 7.30. The quantitative estimate of drug-likeness (QED) is 0.446. The Labute approximate surface area is 170 Å². The van der Waals surface area contributed by atoms with Gasteiger partial charge in [0.05, 0.1) is 0 Å². The summed E-state index contributed by atoms with van der Waals surface area (Å²) in [6.45, 7) is 5.39. The zero-order chi connectivity index (χ0) is 21.4. The Morgan fingerprint density at radius 3 is 1.90 bits per heavy atom. The minimum atomic E-state index is -1.08. The van der Waals surface area contributed by atoms with Gasteiger partial charge in [-0.2, -0.15) is 0 Å². The lowest BCUT2D eigenvalue weighted by Crippen LogP contribution is -2.11. The number of halogens is 4. The van der Waals surface area contributed by atoms with Crippen LogP contribution in [0.2, 0.25) is 0 Å². The maximum absolute atomic E-state index is 14.8. The van der Waals surface area contributed by atoms with E-state index in [1.54, 1.807) is 12.1 Å². The minimum absolute atomic E-state index is 0.0595. The fraction of sp³-hybridized carbons (Fsp3) is 0.0769. The van der Waals surface area contributed by atoms with Gasteiger partial charge in [0.15, 0.2) is 11.6 Å². The molecule has 0 amide bonds. The van der Waals surface area contributed by atoms with E-state index in [0.717, 1.165) is 17.2 Å². The molecule has 0 aliphatic heterocycles. The van der Waals surface area contributed by atoms with Crippen molar-refractivity contribution in [1.82, 2.24) is 0 Å². The number of hydrogen-bond donors (Lipinski definition) is 0. The predicted octanol–water partition coefficient (Wildman–Crippen LogP) is 5.28. The third-order valence-corrected chi connectivity index (χ3v) is 5.26. The van der Waals surface area contributed by atoms with Crippen LogP contribution < -0.4 is 10.4 Å². The molecule has 4 rings (SSSR count). The molecule has 0 nitrogen and oxygen atoms in total. The average Bonchev–Trinajstić information content (AvgIpc) is 2.73. The number of benzene rings is 3. The normalized spacial score (nSPS) is 17.7. The Morgan fingerprint density at radius 2 is 1.30 bits per heavy atom. The van der Waals surface area contributed by atoms with Crippen molar-refractivity contribution in [2.45, 2.75) is 13.3 Å². The van der Waals surface area contributed by atoms with Crippen LogP contribution in [0.3, 0.4) is 0 Å². The molecule has 0 atom stereocenters. The van der Waals surface area contributed by atoms with E-state index in [4.69, 9.17) is 0 Å². The van der Waals surface area contributed by atoms with Crippen LogP contribution in [0, 0.1) is 44.1 Å². The number of rotatable bonds is 0. The molecular weight excluding hydrogens is 388 g/mol. The standard InChI is InChI=1S/C26H18F4/c1-15-3-6-17(7-4-15)20-11-8-18(13-23(20)27)21-12-9-19(14-24(21)28)22-10-5-16(2)25(29)26(22)30/h3-6,8-14H,2,7H2,1H3/b20-17-,21-18-,22-19-. The lowest BCUT2D eigenvalue weighted by atomic mass is 10.0. The van der Waals surface area contributed by atoms with Crippen LogP contribution in [0.15, 0.2) is 72.3 Å². The van der Waals surface area contributed by atoms with E-state index < -0.39 is 23.3 Å². The molecule has 0 aromatic heterocycles. The molecule has 4 heteroatoms. The van der Waals surface area contributed by atoms with Gasteiger partial charge in [0.2, 0.25) is 0 Å². The molecule has 0 saturated heterocycles. The maximum Gasteiger partial charge on any atom is 0.167 e. The zero-order valence-electron chi connectivity index (χ0n) is 16.3. The summed E-state index contributed by atoms with van der Waals surface area (Å²) < 4.78 is 57.5. The van der Waals surface area contributed by atoms with Gasteiger partial charge in [-0.15, -0.1) is 0 Å². The van der Waals surface area contributed by atoms with E-state index >= 15 is 0 Å². The monoisotopic (exact) mass is 406 g/mol. The highest BCUT2D eigenvalue weighted by molar-refractivity contribution is 5.62. The molecule has 0 saturated carbocycles. The van der Waals surface area contributed by atoms with E-state index in [-0.39, 0.29) is 20.9 Å². The molecule has 0 heterocycles. The van der Waals surface area contributed by atoms with Gasteiger partial charge < -0.3 is 0 Å². The number of hydrogen-bond acceptors (Lipinski definition) is 0. The fourth-order valence-electron chi connectivity index (χ4n) is 3.51. The van der Waals surface area contributed by atoms with Crippen LogP contribution in [0.25, 0.3) is 12.2 Å². The summed E-state index contributed by atoms with van der Waals surface area (Å²) in [5, 5.41) is 1.08. The van der Waals surface area contributed by atoms with Gasteiger partial charge in [-0.25, -0.2) is 17.6 Å². The van der Waals surface area contributed by atoms with Crippen molar-refractivity contribution in [3.05, 3.63) is 127 Å². The van der Waals surface area contributed by atoms with Crippen molar-refractivity contribution < 1.29 is 17.6 Å². The molecule has 0 spiro atoms. The summed E-state index contributed by atoms with van der Waals surface area (Å²) in [5.74, 6) is -3.23. The first kappa shape index (κ1) is 19.9. The first-order valence-corrected chi connectivity index (χ1v) is 9.46. The second-order valence-corrected chi connectivity index (χ2v) is 7.30. The van der Waals surface area contributed by atoms with E-state index in [1.165, 1.54) is 30.3 Å². The number of allylic oxidation sites excluding steroid dienone is 4.